The number of nitrogens with zero attached hydrogens (tertiary/aromatic N) is 2. The van der Waals surface area contributed by atoms with E-state index in [0.29, 0.717) is 25.8 Å². The molecule has 0 radical (unpaired) electrons. The van der Waals surface area contributed by atoms with Gasteiger partial charge in [-0.3, -0.25) is 9.59 Å². The van der Waals surface area contributed by atoms with Crippen LogP contribution in [0, 0.1) is 6.92 Å². The number of amides is 2. The average Bonchev–Trinajstić information content (AvgIpc) is 3.50. The Morgan fingerprint density at radius 2 is 2.03 bits per heavy atom. The molecule has 1 aliphatic rings. The number of carbonyl (C=O) groups excluding carboxylic acids is 2. The minimum Gasteiger partial charge on any atom is -0.350 e. The molecule has 1 N–H and O–H groups in total. The SMILES string of the molecule is Cc1ccc(CC2(CCC(=O)N(C)Cc3csc(-c4cccs4)n3)CCC(=O)N2)cc1. The van der Waals surface area contributed by atoms with Gasteiger partial charge in [0, 0.05) is 30.8 Å². The van der Waals surface area contributed by atoms with E-state index in [0.717, 1.165) is 28.4 Å². The van der Waals surface area contributed by atoms with Crippen LogP contribution in [-0.2, 0) is 22.6 Å². The van der Waals surface area contributed by atoms with Crippen molar-refractivity contribution in [2.75, 3.05) is 7.05 Å². The van der Waals surface area contributed by atoms with Gasteiger partial charge in [0.1, 0.15) is 5.01 Å². The second kappa shape index (κ2) is 9.32. The summed E-state index contributed by atoms with van der Waals surface area (Å²) in [5.74, 6) is 0.159. The van der Waals surface area contributed by atoms with Crippen molar-refractivity contribution in [2.24, 2.45) is 0 Å². The minimum absolute atomic E-state index is 0.0788. The quantitative estimate of drug-likeness (QED) is 0.532. The van der Waals surface area contributed by atoms with Gasteiger partial charge in [-0.1, -0.05) is 35.9 Å². The second-order valence-electron chi connectivity index (χ2n) is 8.36. The van der Waals surface area contributed by atoms with E-state index in [1.807, 2.05) is 23.9 Å². The minimum atomic E-state index is -0.337. The van der Waals surface area contributed by atoms with E-state index in [1.165, 1.54) is 11.1 Å². The van der Waals surface area contributed by atoms with E-state index in [-0.39, 0.29) is 17.4 Å². The number of aryl methyl sites for hydroxylation is 1. The molecule has 3 aromatic rings. The van der Waals surface area contributed by atoms with E-state index >= 15 is 0 Å². The third-order valence-electron chi connectivity index (χ3n) is 5.82. The number of nitrogens with one attached hydrogen (secondary N) is 1. The molecule has 31 heavy (non-hydrogen) atoms. The molecule has 1 unspecified atom stereocenters. The Labute approximate surface area is 191 Å². The summed E-state index contributed by atoms with van der Waals surface area (Å²) in [7, 11) is 1.83. The van der Waals surface area contributed by atoms with Gasteiger partial charge in [0.25, 0.3) is 0 Å². The zero-order valence-electron chi connectivity index (χ0n) is 17.9. The lowest BCUT2D eigenvalue weighted by atomic mass is 9.84. The summed E-state index contributed by atoms with van der Waals surface area (Å²) in [6, 6.07) is 12.5. The molecule has 5 nitrogen and oxygen atoms in total. The fourth-order valence-corrected chi connectivity index (χ4v) is 5.67. The summed E-state index contributed by atoms with van der Waals surface area (Å²) in [5, 5.41) is 8.24. The van der Waals surface area contributed by atoms with E-state index in [4.69, 9.17) is 0 Å². The summed E-state index contributed by atoms with van der Waals surface area (Å²) in [5.41, 5.74) is 2.98. The van der Waals surface area contributed by atoms with E-state index in [9.17, 15) is 9.59 Å². The van der Waals surface area contributed by atoms with Gasteiger partial charge in [-0.15, -0.1) is 22.7 Å². The van der Waals surface area contributed by atoms with Crippen LogP contribution in [0.2, 0.25) is 0 Å². The number of benzene rings is 1. The van der Waals surface area contributed by atoms with Gasteiger partial charge in [-0.2, -0.15) is 0 Å². The van der Waals surface area contributed by atoms with Crippen molar-refractivity contribution in [1.82, 2.24) is 15.2 Å². The number of thiophene rings is 1. The van der Waals surface area contributed by atoms with Gasteiger partial charge in [0.05, 0.1) is 17.1 Å². The van der Waals surface area contributed by atoms with Crippen molar-refractivity contribution in [3.8, 4) is 9.88 Å². The molecule has 0 bridgehead atoms. The van der Waals surface area contributed by atoms with Crippen molar-refractivity contribution in [2.45, 2.75) is 51.1 Å². The van der Waals surface area contributed by atoms with Gasteiger partial charge >= 0.3 is 0 Å². The molecule has 3 heterocycles. The Bertz CT molecular complexity index is 1040. The molecule has 0 aliphatic carbocycles. The van der Waals surface area contributed by atoms with Crippen molar-refractivity contribution in [1.29, 1.82) is 0 Å². The van der Waals surface area contributed by atoms with Crippen LogP contribution in [0.3, 0.4) is 0 Å². The topological polar surface area (TPSA) is 62.3 Å². The van der Waals surface area contributed by atoms with Gasteiger partial charge in [0.15, 0.2) is 0 Å². The summed E-state index contributed by atoms with van der Waals surface area (Å²) >= 11 is 3.28. The lowest BCUT2D eigenvalue weighted by Gasteiger charge is -2.30. The highest BCUT2D eigenvalue weighted by molar-refractivity contribution is 7.20. The maximum atomic E-state index is 12.9. The molecule has 1 atom stereocenters. The smallest absolute Gasteiger partial charge is 0.222 e. The van der Waals surface area contributed by atoms with Crippen molar-refractivity contribution < 1.29 is 9.59 Å². The molecule has 0 spiro atoms. The van der Waals surface area contributed by atoms with Gasteiger partial charge in [0.2, 0.25) is 11.8 Å². The third kappa shape index (κ3) is 5.40. The molecule has 1 aromatic carbocycles. The van der Waals surface area contributed by atoms with Crippen LogP contribution in [0.4, 0.5) is 0 Å². The van der Waals surface area contributed by atoms with Crippen molar-refractivity contribution >= 4 is 34.5 Å². The predicted octanol–water partition coefficient (Wildman–Crippen LogP) is 4.81. The number of rotatable bonds is 8. The number of hydrogen-bond donors (Lipinski definition) is 1. The largest absolute Gasteiger partial charge is 0.350 e. The van der Waals surface area contributed by atoms with Gasteiger partial charge < -0.3 is 10.2 Å². The Balaban J connectivity index is 1.36. The van der Waals surface area contributed by atoms with Gasteiger partial charge in [-0.25, -0.2) is 4.98 Å². The van der Waals surface area contributed by atoms with Crippen LogP contribution in [0.1, 0.15) is 42.5 Å². The zero-order chi connectivity index (χ0) is 21.8. The maximum Gasteiger partial charge on any atom is 0.222 e. The van der Waals surface area contributed by atoms with E-state index in [2.05, 4.69) is 47.6 Å². The first kappa shape index (κ1) is 21.7. The molecular weight excluding hydrogens is 426 g/mol. The lowest BCUT2D eigenvalue weighted by Crippen LogP contribution is -2.44. The van der Waals surface area contributed by atoms with Crippen molar-refractivity contribution in [3.63, 3.8) is 0 Å². The Kier molecular flexibility index (Phi) is 6.53. The van der Waals surface area contributed by atoms with E-state index < -0.39 is 0 Å². The molecular formula is C24H27N3O2S2. The van der Waals surface area contributed by atoms with Crippen LogP contribution in [-0.4, -0.2) is 34.3 Å². The zero-order valence-corrected chi connectivity index (χ0v) is 19.5. The highest BCUT2D eigenvalue weighted by Gasteiger charge is 2.38. The number of carbonyl (C=O) groups is 2. The summed E-state index contributed by atoms with van der Waals surface area (Å²) in [4.78, 5) is 32.4. The summed E-state index contributed by atoms with van der Waals surface area (Å²) in [6.07, 6.45) is 3.11. The second-order valence-corrected chi connectivity index (χ2v) is 10.2. The monoisotopic (exact) mass is 453 g/mol. The molecule has 1 fully saturated rings. The molecule has 1 saturated heterocycles. The molecule has 7 heteroatoms. The van der Waals surface area contributed by atoms with Crippen LogP contribution in [0.25, 0.3) is 9.88 Å². The molecule has 1 aliphatic heterocycles. The Hall–Kier alpha value is -2.51. The first-order chi connectivity index (χ1) is 14.9. The highest BCUT2D eigenvalue weighted by atomic mass is 32.1. The Morgan fingerprint density at radius 3 is 2.71 bits per heavy atom. The molecule has 2 aromatic heterocycles. The summed E-state index contributed by atoms with van der Waals surface area (Å²) in [6.45, 7) is 2.56. The first-order valence-electron chi connectivity index (χ1n) is 10.5. The molecule has 2 amide bonds. The number of hydrogen-bond acceptors (Lipinski definition) is 5. The van der Waals surface area contributed by atoms with Crippen LogP contribution in [0.5, 0.6) is 0 Å². The van der Waals surface area contributed by atoms with Crippen LogP contribution < -0.4 is 5.32 Å². The Morgan fingerprint density at radius 1 is 1.23 bits per heavy atom. The predicted molar refractivity (Wildman–Crippen MR) is 126 cm³/mol. The van der Waals surface area contributed by atoms with Crippen LogP contribution in [0.15, 0.2) is 47.2 Å². The van der Waals surface area contributed by atoms with Crippen molar-refractivity contribution in [3.05, 3.63) is 64.0 Å². The number of aromatic nitrogens is 1. The normalized spacial score (nSPS) is 18.2. The number of thiazole rings is 1. The first-order valence-corrected chi connectivity index (χ1v) is 12.3. The van der Waals surface area contributed by atoms with E-state index in [1.54, 1.807) is 27.6 Å². The summed E-state index contributed by atoms with van der Waals surface area (Å²) < 4.78 is 0. The van der Waals surface area contributed by atoms with Gasteiger partial charge in [-0.05, 0) is 43.2 Å². The highest BCUT2D eigenvalue weighted by Crippen LogP contribution is 2.31. The standard InChI is InChI=1S/C24H27N3O2S2/c1-17-5-7-18(8-6-17)14-24(11-9-21(28)26-24)12-10-22(29)27(2)15-19-16-31-23(25-19)20-4-3-13-30-20/h3-8,13,16H,9-12,14-15H2,1-2H3,(H,26,28). The maximum absolute atomic E-state index is 12.9. The lowest BCUT2D eigenvalue weighted by molar-refractivity contribution is -0.131. The third-order valence-corrected chi connectivity index (χ3v) is 7.75. The fraction of sp³-hybridized carbons (Fsp3) is 0.375. The van der Waals surface area contributed by atoms with Crippen LogP contribution >= 0.6 is 22.7 Å². The molecule has 4 rings (SSSR count). The molecule has 0 saturated carbocycles. The molecule has 162 valence electrons. The fourth-order valence-electron chi connectivity index (χ4n) is 4.04. The average molecular weight is 454 g/mol.